The topological polar surface area (TPSA) is 143 Å². The maximum atomic E-state index is 13.6. The molecule has 230 valence electrons. The van der Waals surface area contributed by atoms with Gasteiger partial charge >= 0.3 is 0 Å². The molecule has 13 heteroatoms. The van der Waals surface area contributed by atoms with Gasteiger partial charge < -0.3 is 15.5 Å². The number of benzene rings is 2. The first-order chi connectivity index (χ1) is 20.7. The number of nitrogens with zero attached hydrogens (tertiary/aromatic N) is 4. The molecule has 0 fully saturated rings. The van der Waals surface area contributed by atoms with Crippen LogP contribution < -0.4 is 30.7 Å². The van der Waals surface area contributed by atoms with E-state index in [0.717, 1.165) is 45.8 Å². The molecule has 44 heavy (non-hydrogen) atoms. The van der Waals surface area contributed by atoms with Crippen molar-refractivity contribution in [2.75, 3.05) is 28.4 Å². The van der Waals surface area contributed by atoms with Gasteiger partial charge in [0.2, 0.25) is 10.0 Å². The maximum Gasteiger partial charge on any atom is 0.255 e. The Morgan fingerprint density at radius 3 is 2.45 bits per heavy atom. The molecule has 3 heterocycles. The van der Waals surface area contributed by atoms with Crippen LogP contribution in [0.15, 0.2) is 67.1 Å². The molecular formula is C31H36N8O4S. The number of aryl methyl sites for hydroxylation is 1. The number of ether oxygens (including phenoxy) is 1. The molecular weight excluding hydrogens is 580 g/mol. The van der Waals surface area contributed by atoms with E-state index in [-0.39, 0.29) is 22.8 Å². The number of hydrogen-bond donors (Lipinski definition) is 4. The van der Waals surface area contributed by atoms with Crippen LogP contribution in [0.4, 0.5) is 17.1 Å². The Hall–Kier alpha value is -4.88. The van der Waals surface area contributed by atoms with E-state index in [1.165, 1.54) is 7.11 Å². The number of rotatable bonds is 8. The molecule has 0 spiro atoms. The first-order valence-corrected chi connectivity index (χ1v) is 15.8. The highest BCUT2D eigenvalue weighted by atomic mass is 32.2. The van der Waals surface area contributed by atoms with E-state index in [2.05, 4.69) is 31.1 Å². The second kappa shape index (κ2) is 11.7. The fourth-order valence-corrected chi connectivity index (χ4v) is 5.37. The minimum atomic E-state index is -3.60. The molecule has 0 aliphatic carbocycles. The van der Waals surface area contributed by atoms with Crippen LogP contribution in [0.1, 0.15) is 53.5 Å². The van der Waals surface area contributed by atoms with Gasteiger partial charge in [-0.2, -0.15) is 5.10 Å². The number of hydrogen-bond acceptors (Lipinski definition) is 9. The summed E-state index contributed by atoms with van der Waals surface area (Å²) in [4.78, 5) is 18.0. The summed E-state index contributed by atoms with van der Waals surface area (Å²) >= 11 is 0. The average Bonchev–Trinajstić information content (AvgIpc) is 3.59. The zero-order valence-corrected chi connectivity index (χ0v) is 26.5. The Kier molecular flexibility index (Phi) is 8.10. The number of anilines is 3. The molecule has 0 saturated heterocycles. The Bertz CT molecular complexity index is 1860. The Labute approximate surface area is 257 Å². The first-order valence-electron chi connectivity index (χ1n) is 13.9. The van der Waals surface area contributed by atoms with Crippen LogP contribution in [0.5, 0.6) is 5.75 Å². The van der Waals surface area contributed by atoms with Gasteiger partial charge in [-0.1, -0.05) is 32.9 Å². The number of amides is 1. The molecule has 1 aliphatic heterocycles. The molecule has 1 amide bonds. The van der Waals surface area contributed by atoms with E-state index in [9.17, 15) is 13.2 Å². The summed E-state index contributed by atoms with van der Waals surface area (Å²) in [6.45, 7) is 9.93. The monoisotopic (exact) mass is 616 g/mol. The summed E-state index contributed by atoms with van der Waals surface area (Å²) in [6.07, 6.45) is 6.46. The number of pyridine rings is 1. The van der Waals surface area contributed by atoms with E-state index >= 15 is 0 Å². The third-order valence-corrected chi connectivity index (χ3v) is 7.76. The molecule has 2 aromatic carbocycles. The minimum Gasteiger partial charge on any atom is -0.492 e. The molecule has 12 nitrogen and oxygen atoms in total. The van der Waals surface area contributed by atoms with Crippen molar-refractivity contribution in [3.8, 4) is 11.6 Å². The van der Waals surface area contributed by atoms with E-state index in [4.69, 9.17) is 4.74 Å². The van der Waals surface area contributed by atoms with Gasteiger partial charge in [-0.25, -0.2) is 18.1 Å². The summed E-state index contributed by atoms with van der Waals surface area (Å²) in [5, 5.41) is 9.24. The smallest absolute Gasteiger partial charge is 0.255 e. The number of nitrogens with one attached hydrogen (secondary N) is 4. The van der Waals surface area contributed by atoms with Gasteiger partial charge in [-0.3, -0.25) is 14.5 Å². The van der Waals surface area contributed by atoms with Crippen LogP contribution in [0.3, 0.4) is 0 Å². The van der Waals surface area contributed by atoms with Crippen molar-refractivity contribution < 1.29 is 17.9 Å². The Morgan fingerprint density at radius 1 is 1.05 bits per heavy atom. The predicted molar refractivity (Wildman–Crippen MR) is 172 cm³/mol. The van der Waals surface area contributed by atoms with Gasteiger partial charge in [0.1, 0.15) is 0 Å². The third-order valence-electron chi connectivity index (χ3n) is 7.17. The molecule has 4 N–H and O–H groups in total. The van der Waals surface area contributed by atoms with Crippen molar-refractivity contribution >= 4 is 38.7 Å². The van der Waals surface area contributed by atoms with Gasteiger partial charge in [-0.15, -0.1) is 5.53 Å². The predicted octanol–water partition coefficient (Wildman–Crippen LogP) is 4.64. The Balaban J connectivity index is 1.44. The normalized spacial score (nSPS) is 13.3. The van der Waals surface area contributed by atoms with Crippen LogP contribution in [0.2, 0.25) is 0 Å². The van der Waals surface area contributed by atoms with Crippen molar-refractivity contribution in [3.05, 3.63) is 95.1 Å². The van der Waals surface area contributed by atoms with Crippen molar-refractivity contribution in [3.63, 3.8) is 0 Å². The quantitative estimate of drug-likeness (QED) is 0.223. The highest BCUT2D eigenvalue weighted by molar-refractivity contribution is 7.92. The summed E-state index contributed by atoms with van der Waals surface area (Å²) in [7, 11) is -2.18. The summed E-state index contributed by atoms with van der Waals surface area (Å²) in [6, 6.07) is 14.6. The third kappa shape index (κ3) is 6.38. The van der Waals surface area contributed by atoms with Crippen LogP contribution in [-0.2, 0) is 15.4 Å². The van der Waals surface area contributed by atoms with E-state index in [1.807, 2.05) is 65.1 Å². The van der Waals surface area contributed by atoms with Gasteiger partial charge in [0, 0.05) is 23.5 Å². The number of aromatic nitrogens is 3. The molecule has 1 aliphatic rings. The second-order valence-corrected chi connectivity index (χ2v) is 13.3. The number of hydrazine groups is 2. The highest BCUT2D eigenvalue weighted by Crippen LogP contribution is 2.39. The zero-order chi connectivity index (χ0) is 31.8. The lowest BCUT2D eigenvalue weighted by molar-refractivity contribution is 0.102. The minimum absolute atomic E-state index is 0.212. The highest BCUT2D eigenvalue weighted by Gasteiger charge is 2.24. The van der Waals surface area contributed by atoms with Crippen LogP contribution in [0, 0.1) is 13.8 Å². The second-order valence-electron chi connectivity index (χ2n) is 11.6. The molecule has 2 aromatic heterocycles. The summed E-state index contributed by atoms with van der Waals surface area (Å²) < 4.78 is 34.0. The number of carbonyl (C=O) groups excluding carboxylic acids is 1. The van der Waals surface area contributed by atoms with Gasteiger partial charge in [0.15, 0.2) is 11.6 Å². The summed E-state index contributed by atoms with van der Waals surface area (Å²) in [5.41, 5.74) is 12.1. The molecule has 0 atom stereocenters. The fourth-order valence-electron chi connectivity index (χ4n) is 4.82. The van der Waals surface area contributed by atoms with Gasteiger partial charge in [0.25, 0.3) is 5.91 Å². The fraction of sp³-hybridized carbons (Fsp3) is 0.258. The molecule has 0 saturated carbocycles. The van der Waals surface area contributed by atoms with Crippen molar-refractivity contribution in [2.24, 2.45) is 0 Å². The largest absolute Gasteiger partial charge is 0.492 e. The zero-order valence-electron chi connectivity index (χ0n) is 25.7. The lowest BCUT2D eigenvalue weighted by Crippen LogP contribution is -2.36. The standard InChI is InChI=1S/C31H36N8O4S/c1-19-11-12-21(30(40)34-24-15-22(31(3,4)5)16-25(29(24)43-6)36-44(7,41)42)14-27(19)38-18-26(35-37-38)23-17-33-39(20(23)2)28-10-8-9-13-32-28/h8-18,35-37H,1-7H3,(H,34,40). The number of carbonyl (C=O) groups is 1. The molecule has 0 radical (unpaired) electrons. The first kappa shape index (κ1) is 30.6. The molecule has 4 aromatic rings. The Morgan fingerprint density at radius 2 is 1.80 bits per heavy atom. The van der Waals surface area contributed by atoms with Gasteiger partial charge in [0.05, 0.1) is 48.0 Å². The van der Waals surface area contributed by atoms with E-state index < -0.39 is 10.0 Å². The maximum absolute atomic E-state index is 13.6. The van der Waals surface area contributed by atoms with Gasteiger partial charge in [-0.05, 0) is 66.8 Å². The lowest BCUT2D eigenvalue weighted by Gasteiger charge is -2.24. The van der Waals surface area contributed by atoms with Crippen molar-refractivity contribution in [1.29, 1.82) is 0 Å². The lowest BCUT2D eigenvalue weighted by atomic mass is 9.86. The van der Waals surface area contributed by atoms with Crippen molar-refractivity contribution in [1.82, 2.24) is 25.7 Å². The molecule has 0 unspecified atom stereocenters. The average molecular weight is 617 g/mol. The van der Waals surface area contributed by atoms with Crippen LogP contribution >= 0.6 is 0 Å². The van der Waals surface area contributed by atoms with Crippen LogP contribution in [-0.4, -0.2) is 42.5 Å². The molecule has 5 rings (SSSR count). The van der Waals surface area contributed by atoms with E-state index in [1.54, 1.807) is 46.3 Å². The van der Waals surface area contributed by atoms with Crippen molar-refractivity contribution in [2.45, 2.75) is 40.0 Å². The van der Waals surface area contributed by atoms with Crippen LogP contribution in [0.25, 0.3) is 11.5 Å². The summed E-state index contributed by atoms with van der Waals surface area (Å²) in [5.74, 6) is 0.548. The van der Waals surface area contributed by atoms with E-state index in [0.29, 0.717) is 11.3 Å². The number of methoxy groups -OCH3 is 1. The molecule has 0 bridgehead atoms. The SMILES string of the molecule is COc1c(NC(=O)c2ccc(C)c(N3C=C(c4cnn(-c5ccccn5)c4C)NN3)c2)cc(C(C)(C)C)cc1NS(C)(=O)=O. The number of sulfonamides is 1.